The summed E-state index contributed by atoms with van der Waals surface area (Å²) in [6, 6.07) is 24.7. The number of sulfone groups is 1. The van der Waals surface area contributed by atoms with Gasteiger partial charge in [-0.15, -0.1) is 0 Å². The summed E-state index contributed by atoms with van der Waals surface area (Å²) in [5.41, 5.74) is 2.38. The predicted molar refractivity (Wildman–Crippen MR) is 105 cm³/mol. The highest BCUT2D eigenvalue weighted by Crippen LogP contribution is 2.22. The molecule has 4 nitrogen and oxygen atoms in total. The lowest BCUT2D eigenvalue weighted by molar-refractivity contribution is 0.517. The lowest BCUT2D eigenvalue weighted by Gasteiger charge is -2.07. The van der Waals surface area contributed by atoms with Gasteiger partial charge in [0, 0.05) is 5.39 Å². The summed E-state index contributed by atoms with van der Waals surface area (Å²) in [5.74, 6) is 0. The van der Waals surface area contributed by atoms with Crippen LogP contribution in [0, 0.1) is 6.92 Å². The van der Waals surface area contributed by atoms with Crippen molar-refractivity contribution in [3.8, 4) is 0 Å². The van der Waals surface area contributed by atoms with Gasteiger partial charge in [-0.1, -0.05) is 54.1 Å². The van der Waals surface area contributed by atoms with Gasteiger partial charge in [0.25, 0.3) is 0 Å². The largest absolute Gasteiger partial charge is 0.437 e. The Morgan fingerprint density at radius 3 is 2.22 bits per heavy atom. The molecule has 27 heavy (non-hydrogen) atoms. The van der Waals surface area contributed by atoms with Gasteiger partial charge in [-0.05, 0) is 43.3 Å². The first-order valence-electron chi connectivity index (χ1n) is 8.48. The second-order valence-corrected chi connectivity index (χ2v) is 8.14. The van der Waals surface area contributed by atoms with Gasteiger partial charge in [0.05, 0.1) is 10.6 Å². The van der Waals surface area contributed by atoms with E-state index in [0.29, 0.717) is 16.7 Å². The van der Waals surface area contributed by atoms with Crippen molar-refractivity contribution in [1.29, 1.82) is 0 Å². The molecule has 0 saturated carbocycles. The maximum atomic E-state index is 13.2. The molecule has 134 valence electrons. The molecule has 0 amide bonds. The minimum atomic E-state index is -3.78. The molecule has 1 heterocycles. The number of fused-ring (bicyclic) bond motifs is 1. The lowest BCUT2D eigenvalue weighted by atomic mass is 10.2. The zero-order valence-corrected chi connectivity index (χ0v) is 15.5. The first kappa shape index (κ1) is 17.2. The van der Waals surface area contributed by atoms with E-state index in [4.69, 9.17) is 4.42 Å². The van der Waals surface area contributed by atoms with Crippen LogP contribution in [0.3, 0.4) is 0 Å². The number of nitrogens with zero attached hydrogens (tertiary/aromatic N) is 1. The SMILES string of the molecule is Cc1ccc(N=c2oc3ccccc3cc2S(=O)(=O)c2ccccc2)cc1. The van der Waals surface area contributed by atoms with Crippen molar-refractivity contribution in [1.82, 2.24) is 0 Å². The van der Waals surface area contributed by atoms with Gasteiger partial charge in [0.2, 0.25) is 15.4 Å². The minimum Gasteiger partial charge on any atom is -0.437 e. The molecular weight excluding hydrogens is 358 g/mol. The molecule has 5 heteroatoms. The molecule has 0 fully saturated rings. The van der Waals surface area contributed by atoms with E-state index in [9.17, 15) is 8.42 Å². The predicted octanol–water partition coefficient (Wildman–Crippen LogP) is 4.81. The number of hydrogen-bond donors (Lipinski definition) is 0. The van der Waals surface area contributed by atoms with Crippen molar-refractivity contribution >= 4 is 26.5 Å². The quantitative estimate of drug-likeness (QED) is 0.516. The van der Waals surface area contributed by atoms with E-state index in [1.54, 1.807) is 42.5 Å². The maximum Gasteiger partial charge on any atom is 0.239 e. The van der Waals surface area contributed by atoms with Crippen LogP contribution in [0.15, 0.2) is 104 Å². The van der Waals surface area contributed by atoms with Gasteiger partial charge in [0.15, 0.2) is 0 Å². The maximum absolute atomic E-state index is 13.2. The van der Waals surface area contributed by atoms with Crippen molar-refractivity contribution in [2.75, 3.05) is 0 Å². The number of hydrogen-bond acceptors (Lipinski definition) is 4. The highest BCUT2D eigenvalue weighted by Gasteiger charge is 2.22. The fourth-order valence-corrected chi connectivity index (χ4v) is 4.15. The molecule has 4 aromatic rings. The Bertz CT molecular complexity index is 1270. The van der Waals surface area contributed by atoms with E-state index in [2.05, 4.69) is 4.99 Å². The number of aryl methyl sites for hydroxylation is 1. The van der Waals surface area contributed by atoms with E-state index >= 15 is 0 Å². The van der Waals surface area contributed by atoms with E-state index in [1.165, 1.54) is 0 Å². The summed E-state index contributed by atoms with van der Waals surface area (Å²) in [5, 5.41) is 0.704. The minimum absolute atomic E-state index is 0.0491. The van der Waals surface area contributed by atoms with Crippen LogP contribution >= 0.6 is 0 Å². The van der Waals surface area contributed by atoms with Gasteiger partial charge in [-0.3, -0.25) is 0 Å². The molecule has 4 rings (SSSR count). The average Bonchev–Trinajstić information content (AvgIpc) is 2.70. The Morgan fingerprint density at radius 1 is 0.815 bits per heavy atom. The van der Waals surface area contributed by atoms with Crippen molar-refractivity contribution in [2.45, 2.75) is 16.7 Å². The third-order valence-corrected chi connectivity index (χ3v) is 5.99. The zero-order valence-electron chi connectivity index (χ0n) is 14.7. The average molecular weight is 375 g/mol. The Hall–Kier alpha value is -3.18. The van der Waals surface area contributed by atoms with Crippen LogP contribution in [-0.2, 0) is 9.84 Å². The summed E-state index contributed by atoms with van der Waals surface area (Å²) >= 11 is 0. The molecule has 0 radical (unpaired) electrons. The number of benzene rings is 3. The molecule has 0 bridgehead atoms. The smallest absolute Gasteiger partial charge is 0.239 e. The first-order chi connectivity index (χ1) is 13.0. The monoisotopic (exact) mass is 375 g/mol. The van der Waals surface area contributed by atoms with E-state index in [-0.39, 0.29) is 15.3 Å². The Morgan fingerprint density at radius 2 is 1.48 bits per heavy atom. The lowest BCUT2D eigenvalue weighted by Crippen LogP contribution is -2.15. The molecule has 0 aliphatic carbocycles. The molecular formula is C22H17NO3S. The summed E-state index contributed by atoms with van der Waals surface area (Å²) in [4.78, 5) is 4.73. The summed E-state index contributed by atoms with van der Waals surface area (Å²) in [6.07, 6.45) is 0. The first-order valence-corrected chi connectivity index (χ1v) is 9.97. The fourth-order valence-electron chi connectivity index (χ4n) is 2.78. The van der Waals surface area contributed by atoms with Gasteiger partial charge < -0.3 is 4.42 Å². The van der Waals surface area contributed by atoms with Crippen LogP contribution in [-0.4, -0.2) is 8.42 Å². The molecule has 0 atom stereocenters. The van der Waals surface area contributed by atoms with Crippen molar-refractivity contribution in [2.24, 2.45) is 4.99 Å². The van der Waals surface area contributed by atoms with Crippen LogP contribution in [0.25, 0.3) is 11.0 Å². The molecule has 0 aliphatic heterocycles. The van der Waals surface area contributed by atoms with Crippen LogP contribution in [0.1, 0.15) is 5.56 Å². The standard InChI is InChI=1S/C22H17NO3S/c1-16-11-13-18(14-12-16)23-22-21(15-17-7-5-6-10-20(17)26-22)27(24,25)19-8-3-2-4-9-19/h2-15H,1H3. The van der Waals surface area contributed by atoms with Gasteiger partial charge in [-0.2, -0.15) is 0 Å². The Labute approximate surface area is 157 Å². The van der Waals surface area contributed by atoms with Crippen molar-refractivity contribution < 1.29 is 12.8 Å². The molecule has 0 aliphatic rings. The number of para-hydroxylation sites is 1. The van der Waals surface area contributed by atoms with E-state index in [1.807, 2.05) is 49.4 Å². The molecule has 0 unspecified atom stereocenters. The molecule has 0 saturated heterocycles. The van der Waals surface area contributed by atoms with Crippen molar-refractivity contribution in [3.05, 3.63) is 96.0 Å². The molecule has 3 aromatic carbocycles. The molecule has 0 spiro atoms. The van der Waals surface area contributed by atoms with Crippen molar-refractivity contribution in [3.63, 3.8) is 0 Å². The van der Waals surface area contributed by atoms with Crippen LogP contribution in [0.5, 0.6) is 0 Å². The van der Waals surface area contributed by atoms with E-state index < -0.39 is 9.84 Å². The normalized spacial score (nSPS) is 12.4. The van der Waals surface area contributed by atoms with Crippen LogP contribution < -0.4 is 5.55 Å². The second-order valence-electron chi connectivity index (χ2n) is 6.22. The molecule has 0 N–H and O–H groups in total. The summed E-state index contributed by atoms with van der Waals surface area (Å²) in [6.45, 7) is 1.98. The topological polar surface area (TPSA) is 59.6 Å². The van der Waals surface area contributed by atoms with Gasteiger partial charge in [0.1, 0.15) is 10.5 Å². The number of rotatable bonds is 3. The summed E-state index contributed by atoms with van der Waals surface area (Å²) in [7, 11) is -3.78. The van der Waals surface area contributed by atoms with Crippen LogP contribution in [0.2, 0.25) is 0 Å². The van der Waals surface area contributed by atoms with Gasteiger partial charge >= 0.3 is 0 Å². The highest BCUT2D eigenvalue weighted by molar-refractivity contribution is 7.91. The van der Waals surface area contributed by atoms with E-state index in [0.717, 1.165) is 5.56 Å². The van der Waals surface area contributed by atoms with Crippen LogP contribution in [0.4, 0.5) is 5.69 Å². The third kappa shape index (κ3) is 3.41. The second kappa shape index (κ2) is 6.85. The Kier molecular flexibility index (Phi) is 4.38. The zero-order chi connectivity index (χ0) is 18.9. The van der Waals surface area contributed by atoms with Gasteiger partial charge in [-0.25, -0.2) is 13.4 Å². The third-order valence-electron chi connectivity index (χ3n) is 4.23. The highest BCUT2D eigenvalue weighted by atomic mass is 32.2. The summed E-state index contributed by atoms with van der Waals surface area (Å²) < 4.78 is 32.3. The fraction of sp³-hybridized carbons (Fsp3) is 0.0455. The Balaban J connectivity index is 2.02. The molecule has 1 aromatic heterocycles.